The van der Waals surface area contributed by atoms with Crippen molar-refractivity contribution in [2.75, 3.05) is 19.8 Å². The molecular weight excluding hydrogens is 332 g/mol. The van der Waals surface area contributed by atoms with Gasteiger partial charge in [0.2, 0.25) is 5.91 Å². The molecule has 2 N–H and O–H groups in total. The normalized spacial score (nSPS) is 10.2. The molecule has 0 saturated heterocycles. The fourth-order valence-corrected chi connectivity index (χ4v) is 2.31. The predicted molar refractivity (Wildman–Crippen MR) is 99.4 cm³/mol. The van der Waals surface area contributed by atoms with Crippen molar-refractivity contribution in [1.82, 2.24) is 10.9 Å². The topological polar surface area (TPSA) is 76.7 Å². The van der Waals surface area contributed by atoms with Gasteiger partial charge >= 0.3 is 0 Å². The number of carbonyl (C=O) groups is 2. The number of ether oxygens (including phenoxy) is 2. The van der Waals surface area contributed by atoms with Crippen LogP contribution in [-0.4, -0.2) is 31.6 Å². The van der Waals surface area contributed by atoms with Crippen molar-refractivity contribution in [2.24, 2.45) is 0 Å². The summed E-state index contributed by atoms with van der Waals surface area (Å²) in [6.07, 6.45) is 0.897. The minimum atomic E-state index is -0.425. The summed E-state index contributed by atoms with van der Waals surface area (Å²) in [4.78, 5) is 23.5. The Labute approximate surface area is 153 Å². The van der Waals surface area contributed by atoms with Crippen molar-refractivity contribution in [3.05, 3.63) is 54.6 Å². The molecule has 2 aromatic rings. The molecule has 0 unspecified atom stereocenters. The van der Waals surface area contributed by atoms with E-state index >= 15 is 0 Å². The summed E-state index contributed by atoms with van der Waals surface area (Å²) in [6.45, 7) is 2.86. The summed E-state index contributed by atoms with van der Waals surface area (Å²) in [5, 5.41) is 0. The first-order valence-electron chi connectivity index (χ1n) is 8.63. The maximum atomic E-state index is 11.9. The quantitative estimate of drug-likeness (QED) is 0.535. The number of nitrogens with one attached hydrogen (secondary N) is 2. The Hall–Kier alpha value is -2.86. The lowest BCUT2D eigenvalue weighted by Crippen LogP contribution is -2.43. The van der Waals surface area contributed by atoms with Gasteiger partial charge in [0, 0.05) is 25.2 Å². The molecule has 0 bridgehead atoms. The average Bonchev–Trinajstić information content (AvgIpc) is 2.69. The summed E-state index contributed by atoms with van der Waals surface area (Å²) >= 11 is 0. The fourth-order valence-electron chi connectivity index (χ4n) is 2.31. The summed E-state index contributed by atoms with van der Waals surface area (Å²) in [5.74, 6) is -0.0781. The van der Waals surface area contributed by atoms with Crippen molar-refractivity contribution >= 4 is 11.8 Å². The molecule has 0 atom stereocenters. The fraction of sp³-hybridized carbons (Fsp3) is 0.300. The molecule has 6 nitrogen and oxygen atoms in total. The smallest absolute Gasteiger partial charge is 0.276 e. The number of hydrogen-bond acceptors (Lipinski definition) is 4. The minimum Gasteiger partial charge on any atom is -0.483 e. The number of rotatable bonds is 9. The standard InChI is InChI=1S/C20H24N2O4/c1-2-25-14-8-13-19(23)21-22-20(24)15-26-18-12-7-6-11-17(18)16-9-4-3-5-10-16/h3-7,9-12H,2,8,13-15H2,1H3,(H,21,23)(H,22,24). The largest absolute Gasteiger partial charge is 0.483 e. The maximum Gasteiger partial charge on any atom is 0.276 e. The summed E-state index contributed by atoms with van der Waals surface area (Å²) < 4.78 is 10.8. The van der Waals surface area contributed by atoms with E-state index in [0.29, 0.717) is 25.4 Å². The lowest BCUT2D eigenvalue weighted by atomic mass is 10.1. The molecule has 0 aromatic heterocycles. The van der Waals surface area contributed by atoms with E-state index in [1.807, 2.05) is 61.5 Å². The van der Waals surface area contributed by atoms with Crippen LogP contribution in [0.5, 0.6) is 5.75 Å². The van der Waals surface area contributed by atoms with Gasteiger partial charge in [-0.3, -0.25) is 20.4 Å². The zero-order valence-corrected chi connectivity index (χ0v) is 14.9. The molecule has 0 aliphatic rings. The number of hydrogen-bond donors (Lipinski definition) is 2. The van der Waals surface area contributed by atoms with E-state index in [4.69, 9.17) is 9.47 Å². The molecule has 0 fully saturated rings. The highest BCUT2D eigenvalue weighted by Gasteiger charge is 2.09. The van der Waals surface area contributed by atoms with Crippen molar-refractivity contribution < 1.29 is 19.1 Å². The van der Waals surface area contributed by atoms with E-state index in [-0.39, 0.29) is 18.9 Å². The van der Waals surface area contributed by atoms with Crippen molar-refractivity contribution in [3.63, 3.8) is 0 Å². The highest BCUT2D eigenvalue weighted by molar-refractivity contribution is 5.83. The third kappa shape index (κ3) is 6.57. The second kappa shape index (κ2) is 10.9. The van der Waals surface area contributed by atoms with E-state index in [0.717, 1.165) is 11.1 Å². The van der Waals surface area contributed by atoms with Gasteiger partial charge in [0.05, 0.1) is 0 Å². The molecular formula is C20H24N2O4. The first-order valence-corrected chi connectivity index (χ1v) is 8.63. The molecule has 2 rings (SSSR count). The van der Waals surface area contributed by atoms with Crippen LogP contribution in [0.15, 0.2) is 54.6 Å². The molecule has 0 aliphatic heterocycles. The molecule has 26 heavy (non-hydrogen) atoms. The SMILES string of the molecule is CCOCCCC(=O)NNC(=O)COc1ccccc1-c1ccccc1. The van der Waals surface area contributed by atoms with Gasteiger partial charge in [-0.2, -0.15) is 0 Å². The molecule has 0 radical (unpaired) electrons. The van der Waals surface area contributed by atoms with E-state index in [2.05, 4.69) is 10.9 Å². The first kappa shape index (κ1) is 19.5. The van der Waals surface area contributed by atoms with Crippen LogP contribution in [0.1, 0.15) is 19.8 Å². The van der Waals surface area contributed by atoms with Crippen LogP contribution in [0.25, 0.3) is 11.1 Å². The Morgan fingerprint density at radius 1 is 0.923 bits per heavy atom. The predicted octanol–water partition coefficient (Wildman–Crippen LogP) is 2.70. The number of hydrazine groups is 1. The Bertz CT molecular complexity index is 704. The molecule has 6 heteroatoms. The Balaban J connectivity index is 1.79. The zero-order chi connectivity index (χ0) is 18.6. The van der Waals surface area contributed by atoms with E-state index in [1.165, 1.54) is 0 Å². The minimum absolute atomic E-state index is 0.191. The summed E-state index contributed by atoms with van der Waals surface area (Å²) in [5.41, 5.74) is 6.63. The second-order valence-corrected chi connectivity index (χ2v) is 5.55. The van der Waals surface area contributed by atoms with Crippen LogP contribution < -0.4 is 15.6 Å². The first-order chi connectivity index (χ1) is 12.7. The number of amides is 2. The highest BCUT2D eigenvalue weighted by atomic mass is 16.5. The number of para-hydroxylation sites is 1. The van der Waals surface area contributed by atoms with Crippen LogP contribution in [0.4, 0.5) is 0 Å². The van der Waals surface area contributed by atoms with Gasteiger partial charge in [-0.1, -0.05) is 48.5 Å². The van der Waals surface area contributed by atoms with Gasteiger partial charge in [0.15, 0.2) is 6.61 Å². The van der Waals surface area contributed by atoms with Crippen LogP contribution in [-0.2, 0) is 14.3 Å². The van der Waals surface area contributed by atoms with Crippen molar-refractivity contribution in [2.45, 2.75) is 19.8 Å². The molecule has 0 spiro atoms. The second-order valence-electron chi connectivity index (χ2n) is 5.55. The van der Waals surface area contributed by atoms with E-state index in [1.54, 1.807) is 0 Å². The third-order valence-corrected chi connectivity index (χ3v) is 3.57. The molecule has 0 aliphatic carbocycles. The van der Waals surface area contributed by atoms with Gasteiger partial charge in [0.1, 0.15) is 5.75 Å². The van der Waals surface area contributed by atoms with Crippen LogP contribution in [0, 0.1) is 0 Å². The Kier molecular flexibility index (Phi) is 8.15. The van der Waals surface area contributed by atoms with Gasteiger partial charge < -0.3 is 9.47 Å². The third-order valence-electron chi connectivity index (χ3n) is 3.57. The molecule has 2 amide bonds. The number of carbonyl (C=O) groups excluding carboxylic acids is 2. The highest BCUT2D eigenvalue weighted by Crippen LogP contribution is 2.29. The average molecular weight is 356 g/mol. The lowest BCUT2D eigenvalue weighted by molar-refractivity contribution is -0.130. The van der Waals surface area contributed by atoms with E-state index < -0.39 is 5.91 Å². The van der Waals surface area contributed by atoms with Crippen molar-refractivity contribution in [3.8, 4) is 16.9 Å². The van der Waals surface area contributed by atoms with Gasteiger partial charge in [-0.05, 0) is 25.0 Å². The van der Waals surface area contributed by atoms with Gasteiger partial charge in [-0.25, -0.2) is 0 Å². The van der Waals surface area contributed by atoms with Gasteiger partial charge in [0.25, 0.3) is 5.91 Å². The Morgan fingerprint density at radius 3 is 2.38 bits per heavy atom. The lowest BCUT2D eigenvalue weighted by Gasteiger charge is -2.12. The monoisotopic (exact) mass is 356 g/mol. The summed E-state index contributed by atoms with van der Waals surface area (Å²) in [7, 11) is 0. The molecule has 2 aromatic carbocycles. The van der Waals surface area contributed by atoms with Gasteiger partial charge in [-0.15, -0.1) is 0 Å². The van der Waals surface area contributed by atoms with Crippen LogP contribution in [0.3, 0.4) is 0 Å². The summed E-state index contributed by atoms with van der Waals surface area (Å²) in [6, 6.07) is 17.3. The Morgan fingerprint density at radius 2 is 1.62 bits per heavy atom. The van der Waals surface area contributed by atoms with Crippen LogP contribution in [0.2, 0.25) is 0 Å². The van der Waals surface area contributed by atoms with Crippen LogP contribution >= 0.6 is 0 Å². The van der Waals surface area contributed by atoms with Crippen molar-refractivity contribution in [1.29, 1.82) is 0 Å². The number of benzene rings is 2. The maximum absolute atomic E-state index is 11.9. The molecule has 138 valence electrons. The zero-order valence-electron chi connectivity index (χ0n) is 14.9. The van der Waals surface area contributed by atoms with E-state index in [9.17, 15) is 9.59 Å². The molecule has 0 saturated carbocycles. The molecule has 0 heterocycles.